The van der Waals surface area contributed by atoms with Crippen LogP contribution in [-0.2, 0) is 0 Å². The summed E-state index contributed by atoms with van der Waals surface area (Å²) in [5, 5.41) is 0.901. The van der Waals surface area contributed by atoms with E-state index in [2.05, 4.69) is 25.9 Å². The lowest BCUT2D eigenvalue weighted by molar-refractivity contribution is 0.581. The van der Waals surface area contributed by atoms with E-state index in [-0.39, 0.29) is 0 Å². The van der Waals surface area contributed by atoms with Gasteiger partial charge in [-0.1, -0.05) is 0 Å². The van der Waals surface area contributed by atoms with Crippen molar-refractivity contribution in [2.75, 3.05) is 0 Å². The third kappa shape index (κ3) is 1.03. The van der Waals surface area contributed by atoms with Crippen LogP contribution in [0.3, 0.4) is 0 Å². The van der Waals surface area contributed by atoms with Gasteiger partial charge in [0.2, 0.25) is 5.95 Å². The largest absolute Gasteiger partial charge is 0.346 e. The predicted octanol–water partition coefficient (Wildman–Crippen LogP) is 2.46. The molecule has 0 radical (unpaired) electrons. The first-order valence-corrected chi connectivity index (χ1v) is 3.86. The lowest BCUT2D eigenvalue weighted by Crippen LogP contribution is -1.84. The number of aromatic nitrogens is 2. The minimum absolute atomic E-state index is 0.393. The molecule has 0 aliphatic rings. The number of halogens is 2. The molecule has 2 nitrogen and oxygen atoms in total. The summed E-state index contributed by atoms with van der Waals surface area (Å²) in [5.74, 6) is -0.486. The van der Waals surface area contributed by atoms with E-state index in [1.165, 1.54) is 0 Å². The fourth-order valence-electron chi connectivity index (χ4n) is 0.934. The summed E-state index contributed by atoms with van der Waals surface area (Å²) in [6.45, 7) is 0. The van der Waals surface area contributed by atoms with Crippen molar-refractivity contribution in [3.8, 4) is 0 Å². The van der Waals surface area contributed by atoms with Crippen molar-refractivity contribution in [2.45, 2.75) is 0 Å². The number of H-pyrrole nitrogens is 1. The van der Waals surface area contributed by atoms with Gasteiger partial charge in [0, 0.05) is 11.6 Å². The molecule has 0 unspecified atom stereocenters. The van der Waals surface area contributed by atoms with Crippen LogP contribution in [0.5, 0.6) is 0 Å². The zero-order valence-corrected chi connectivity index (χ0v) is 7.02. The van der Waals surface area contributed by atoms with Crippen LogP contribution < -0.4 is 0 Å². The molecule has 2 aromatic rings. The molecule has 0 aliphatic carbocycles. The Morgan fingerprint density at radius 1 is 1.55 bits per heavy atom. The van der Waals surface area contributed by atoms with E-state index in [0.29, 0.717) is 10.1 Å². The maximum absolute atomic E-state index is 12.7. The van der Waals surface area contributed by atoms with Crippen molar-refractivity contribution in [2.24, 2.45) is 0 Å². The van der Waals surface area contributed by atoms with Gasteiger partial charge in [0.1, 0.15) is 5.65 Å². The van der Waals surface area contributed by atoms with Crippen LogP contribution >= 0.6 is 15.9 Å². The van der Waals surface area contributed by atoms with E-state index >= 15 is 0 Å². The Hall–Kier alpha value is -0.900. The van der Waals surface area contributed by atoms with E-state index < -0.39 is 5.95 Å². The number of fused-ring (bicyclic) bond motifs is 1. The molecule has 2 heterocycles. The molecule has 0 saturated carbocycles. The normalized spacial score (nSPS) is 10.7. The van der Waals surface area contributed by atoms with E-state index in [1.807, 2.05) is 6.07 Å². The Morgan fingerprint density at radius 3 is 3.18 bits per heavy atom. The second kappa shape index (κ2) is 2.30. The first-order valence-electron chi connectivity index (χ1n) is 3.06. The number of aromatic amines is 1. The highest BCUT2D eigenvalue weighted by molar-refractivity contribution is 9.10. The maximum atomic E-state index is 12.7. The van der Waals surface area contributed by atoms with Crippen LogP contribution in [0.25, 0.3) is 11.0 Å². The smallest absolute Gasteiger partial charge is 0.229 e. The highest BCUT2D eigenvalue weighted by atomic mass is 79.9. The summed E-state index contributed by atoms with van der Waals surface area (Å²) >= 11 is 3.05. The first kappa shape index (κ1) is 6.79. The van der Waals surface area contributed by atoms with Crippen molar-refractivity contribution in [1.29, 1.82) is 0 Å². The fourth-order valence-corrected chi connectivity index (χ4v) is 1.27. The Kier molecular flexibility index (Phi) is 1.42. The van der Waals surface area contributed by atoms with Gasteiger partial charge in [-0.15, -0.1) is 0 Å². The molecule has 0 amide bonds. The van der Waals surface area contributed by atoms with Crippen molar-refractivity contribution in [1.82, 2.24) is 9.97 Å². The van der Waals surface area contributed by atoms with E-state index in [0.717, 1.165) is 5.39 Å². The molecular weight excluding hydrogens is 211 g/mol. The van der Waals surface area contributed by atoms with Gasteiger partial charge in [0.15, 0.2) is 0 Å². The van der Waals surface area contributed by atoms with Gasteiger partial charge < -0.3 is 4.98 Å². The third-order valence-corrected chi connectivity index (χ3v) is 2.00. The van der Waals surface area contributed by atoms with Gasteiger partial charge in [0.05, 0.1) is 4.47 Å². The summed E-state index contributed by atoms with van der Waals surface area (Å²) in [4.78, 5) is 6.48. The quantitative estimate of drug-likeness (QED) is 0.671. The minimum atomic E-state index is -0.486. The van der Waals surface area contributed by atoms with Gasteiger partial charge in [-0.25, -0.2) is 4.98 Å². The number of hydrogen-bond donors (Lipinski definition) is 1. The molecule has 0 fully saturated rings. The number of hydrogen-bond acceptors (Lipinski definition) is 1. The Bertz CT molecular complexity index is 360. The van der Waals surface area contributed by atoms with Crippen LogP contribution in [0.4, 0.5) is 4.39 Å². The molecule has 0 aliphatic heterocycles. The summed E-state index contributed by atoms with van der Waals surface area (Å²) in [7, 11) is 0. The van der Waals surface area contributed by atoms with Gasteiger partial charge >= 0.3 is 0 Å². The number of pyridine rings is 1. The average Bonchev–Trinajstić information content (AvgIpc) is 2.36. The standard InChI is InChI=1S/C7H4BrFN2/c8-5-3-4-1-2-10-7(4)11-6(5)9/h1-3H,(H,10,11). The summed E-state index contributed by atoms with van der Waals surface area (Å²) in [6.07, 6.45) is 1.73. The molecule has 0 saturated heterocycles. The second-order valence-corrected chi connectivity index (χ2v) is 3.03. The van der Waals surface area contributed by atoms with Crippen molar-refractivity contribution in [3.63, 3.8) is 0 Å². The zero-order chi connectivity index (χ0) is 7.84. The van der Waals surface area contributed by atoms with E-state index in [9.17, 15) is 4.39 Å². The molecular formula is C7H4BrFN2. The van der Waals surface area contributed by atoms with E-state index in [1.54, 1.807) is 12.3 Å². The highest BCUT2D eigenvalue weighted by Crippen LogP contribution is 2.18. The van der Waals surface area contributed by atoms with Crippen LogP contribution in [0, 0.1) is 5.95 Å². The Labute approximate surface area is 70.6 Å². The monoisotopic (exact) mass is 214 g/mol. The highest BCUT2D eigenvalue weighted by Gasteiger charge is 2.02. The lowest BCUT2D eigenvalue weighted by Gasteiger charge is -1.92. The molecule has 11 heavy (non-hydrogen) atoms. The van der Waals surface area contributed by atoms with Gasteiger partial charge in [-0.05, 0) is 28.1 Å². The van der Waals surface area contributed by atoms with Crippen LogP contribution in [0.15, 0.2) is 22.8 Å². The predicted molar refractivity (Wildman–Crippen MR) is 43.8 cm³/mol. The zero-order valence-electron chi connectivity index (χ0n) is 5.44. The Balaban J connectivity index is 2.86. The molecule has 2 aromatic heterocycles. The van der Waals surface area contributed by atoms with Crippen LogP contribution in [0.2, 0.25) is 0 Å². The SMILES string of the molecule is Fc1nc2[nH]ccc2cc1Br. The molecule has 4 heteroatoms. The summed E-state index contributed by atoms with van der Waals surface area (Å²) < 4.78 is 13.1. The van der Waals surface area contributed by atoms with Crippen molar-refractivity contribution in [3.05, 3.63) is 28.7 Å². The molecule has 0 aromatic carbocycles. The number of nitrogens with one attached hydrogen (secondary N) is 1. The summed E-state index contributed by atoms with van der Waals surface area (Å²) in [5.41, 5.74) is 0.575. The van der Waals surface area contributed by atoms with Gasteiger partial charge in [0.25, 0.3) is 0 Å². The fraction of sp³-hybridized carbons (Fsp3) is 0. The number of nitrogens with zero attached hydrogens (tertiary/aromatic N) is 1. The maximum Gasteiger partial charge on any atom is 0.229 e. The second-order valence-electron chi connectivity index (χ2n) is 2.18. The molecule has 1 N–H and O–H groups in total. The van der Waals surface area contributed by atoms with Gasteiger partial charge in [-0.3, -0.25) is 0 Å². The Morgan fingerprint density at radius 2 is 2.36 bits per heavy atom. The van der Waals surface area contributed by atoms with Crippen LogP contribution in [-0.4, -0.2) is 9.97 Å². The van der Waals surface area contributed by atoms with Crippen molar-refractivity contribution >= 4 is 27.0 Å². The van der Waals surface area contributed by atoms with Gasteiger partial charge in [-0.2, -0.15) is 4.39 Å². The van der Waals surface area contributed by atoms with Crippen LogP contribution in [0.1, 0.15) is 0 Å². The number of rotatable bonds is 0. The average molecular weight is 215 g/mol. The molecule has 2 rings (SSSR count). The molecule has 56 valence electrons. The molecule has 0 bridgehead atoms. The first-order chi connectivity index (χ1) is 5.27. The third-order valence-electron chi connectivity index (χ3n) is 1.45. The van der Waals surface area contributed by atoms with Crippen molar-refractivity contribution < 1.29 is 4.39 Å². The van der Waals surface area contributed by atoms with E-state index in [4.69, 9.17) is 0 Å². The lowest BCUT2D eigenvalue weighted by atomic mass is 10.3. The molecule has 0 spiro atoms. The summed E-state index contributed by atoms with van der Waals surface area (Å²) in [6, 6.07) is 3.53. The minimum Gasteiger partial charge on any atom is -0.346 e. The topological polar surface area (TPSA) is 28.7 Å². The molecule has 0 atom stereocenters.